The molecule has 0 atom stereocenters. The molecule has 0 bridgehead atoms. The number of carbonyl (C=O) groups is 1. The zero-order valence-electron chi connectivity index (χ0n) is 17.4. The average molecular weight is 425 g/mol. The van der Waals surface area contributed by atoms with Crippen molar-refractivity contribution in [3.05, 3.63) is 63.7 Å². The number of nitrogens with one attached hydrogen (secondary N) is 2. The Morgan fingerprint density at radius 3 is 2.50 bits per heavy atom. The van der Waals surface area contributed by atoms with Crippen LogP contribution in [0.25, 0.3) is 10.8 Å². The van der Waals surface area contributed by atoms with Crippen LogP contribution in [0.15, 0.2) is 36.4 Å². The SMILES string of the molecule is CC(C)c1cc(O)c(C(C)(C)c2cc(O)cc3c2NC(=O)NC3)c2ccc(Cl)cc12. The Morgan fingerprint density at radius 2 is 1.80 bits per heavy atom. The van der Waals surface area contributed by atoms with E-state index < -0.39 is 5.41 Å². The van der Waals surface area contributed by atoms with Gasteiger partial charge in [0, 0.05) is 22.5 Å². The lowest BCUT2D eigenvalue weighted by molar-refractivity contribution is 0.250. The van der Waals surface area contributed by atoms with Gasteiger partial charge >= 0.3 is 6.03 Å². The molecule has 1 aliphatic rings. The highest BCUT2D eigenvalue weighted by Crippen LogP contribution is 2.48. The molecule has 30 heavy (non-hydrogen) atoms. The molecular formula is C24H25ClN2O3. The molecule has 0 unspecified atom stereocenters. The Bertz CT molecular complexity index is 1190. The summed E-state index contributed by atoms with van der Waals surface area (Å²) in [6.07, 6.45) is 0. The number of anilines is 1. The third kappa shape index (κ3) is 3.23. The monoisotopic (exact) mass is 424 g/mol. The number of benzene rings is 3. The van der Waals surface area contributed by atoms with E-state index in [-0.39, 0.29) is 23.4 Å². The number of fused-ring (bicyclic) bond motifs is 2. The standard InChI is InChI=1S/C24H25ClN2O3/c1-12(2)17-10-20(29)21(16-6-5-14(25)8-18(16)17)24(3,4)19-9-15(28)7-13-11-26-23(30)27-22(13)19/h5-10,12,28-29H,11H2,1-4H3,(H2,26,27,30). The van der Waals surface area contributed by atoms with Gasteiger partial charge in [0.25, 0.3) is 0 Å². The van der Waals surface area contributed by atoms with Crippen molar-refractivity contribution >= 4 is 34.1 Å². The Kier molecular flexibility index (Phi) is 4.82. The van der Waals surface area contributed by atoms with Crippen LogP contribution in [-0.2, 0) is 12.0 Å². The lowest BCUT2D eigenvalue weighted by atomic mass is 9.73. The molecule has 0 radical (unpaired) electrons. The van der Waals surface area contributed by atoms with Gasteiger partial charge in [-0.2, -0.15) is 0 Å². The van der Waals surface area contributed by atoms with Crippen LogP contribution in [-0.4, -0.2) is 16.2 Å². The number of phenols is 2. The molecule has 156 valence electrons. The van der Waals surface area contributed by atoms with Crippen LogP contribution in [0.5, 0.6) is 11.5 Å². The van der Waals surface area contributed by atoms with Crippen LogP contribution in [0.4, 0.5) is 10.5 Å². The molecule has 6 heteroatoms. The summed E-state index contributed by atoms with van der Waals surface area (Å²) < 4.78 is 0. The Balaban J connectivity index is 2.04. The van der Waals surface area contributed by atoms with E-state index in [0.29, 0.717) is 17.3 Å². The molecule has 0 aromatic heterocycles. The Morgan fingerprint density at radius 1 is 1.07 bits per heavy atom. The van der Waals surface area contributed by atoms with Gasteiger partial charge in [-0.05, 0) is 63.7 Å². The van der Waals surface area contributed by atoms with Crippen molar-refractivity contribution in [2.24, 2.45) is 0 Å². The van der Waals surface area contributed by atoms with Crippen LogP contribution in [0.2, 0.25) is 5.02 Å². The lowest BCUT2D eigenvalue weighted by Crippen LogP contribution is -2.35. The Hall–Kier alpha value is -2.92. The van der Waals surface area contributed by atoms with Gasteiger partial charge in [-0.3, -0.25) is 0 Å². The first-order valence-corrected chi connectivity index (χ1v) is 10.3. The van der Waals surface area contributed by atoms with Gasteiger partial charge in [0.2, 0.25) is 0 Å². The number of halogens is 1. The van der Waals surface area contributed by atoms with Crippen LogP contribution in [0, 0.1) is 0 Å². The number of hydrogen-bond acceptors (Lipinski definition) is 3. The minimum absolute atomic E-state index is 0.111. The van der Waals surface area contributed by atoms with Crippen molar-refractivity contribution < 1.29 is 15.0 Å². The van der Waals surface area contributed by atoms with E-state index in [2.05, 4.69) is 24.5 Å². The van der Waals surface area contributed by atoms with Gasteiger partial charge in [-0.1, -0.05) is 45.4 Å². The largest absolute Gasteiger partial charge is 0.508 e. The van der Waals surface area contributed by atoms with Gasteiger partial charge in [0.15, 0.2) is 0 Å². The molecular weight excluding hydrogens is 400 g/mol. The van der Waals surface area contributed by atoms with E-state index in [0.717, 1.165) is 33.0 Å². The minimum atomic E-state index is -0.723. The molecule has 3 aromatic rings. The summed E-state index contributed by atoms with van der Waals surface area (Å²) in [4.78, 5) is 12.0. The van der Waals surface area contributed by atoms with Crippen LogP contribution in [0.1, 0.15) is 55.9 Å². The third-order valence-corrected chi connectivity index (χ3v) is 6.15. The van der Waals surface area contributed by atoms with Gasteiger partial charge in [0.1, 0.15) is 11.5 Å². The van der Waals surface area contributed by atoms with Gasteiger partial charge in [-0.15, -0.1) is 0 Å². The van der Waals surface area contributed by atoms with E-state index in [1.807, 2.05) is 32.0 Å². The summed E-state index contributed by atoms with van der Waals surface area (Å²) in [5.41, 5.74) is 3.20. The minimum Gasteiger partial charge on any atom is -0.508 e. The lowest BCUT2D eigenvalue weighted by Gasteiger charge is -2.33. The predicted molar refractivity (Wildman–Crippen MR) is 121 cm³/mol. The highest BCUT2D eigenvalue weighted by atomic mass is 35.5. The number of rotatable bonds is 3. The fraction of sp³-hybridized carbons (Fsp3) is 0.292. The Labute approximate surface area is 180 Å². The molecule has 1 heterocycles. The second-order valence-corrected chi connectivity index (χ2v) is 9.10. The quantitative estimate of drug-likeness (QED) is 0.390. The smallest absolute Gasteiger partial charge is 0.319 e. The van der Waals surface area contributed by atoms with Crippen LogP contribution < -0.4 is 10.6 Å². The number of hydrogen-bond donors (Lipinski definition) is 4. The first-order valence-electron chi connectivity index (χ1n) is 9.96. The summed E-state index contributed by atoms with van der Waals surface area (Å²) in [7, 11) is 0. The van der Waals surface area contributed by atoms with Gasteiger partial charge < -0.3 is 20.8 Å². The zero-order chi connectivity index (χ0) is 21.8. The van der Waals surface area contributed by atoms with Crippen molar-refractivity contribution in [3.63, 3.8) is 0 Å². The fourth-order valence-electron chi connectivity index (χ4n) is 4.48. The molecule has 0 aliphatic carbocycles. The average Bonchev–Trinajstić information content (AvgIpc) is 2.66. The highest BCUT2D eigenvalue weighted by Gasteiger charge is 2.34. The summed E-state index contributed by atoms with van der Waals surface area (Å²) in [6.45, 7) is 8.44. The zero-order valence-corrected chi connectivity index (χ0v) is 18.2. The maximum absolute atomic E-state index is 12.0. The first kappa shape index (κ1) is 20.4. The molecule has 0 spiro atoms. The van der Waals surface area contributed by atoms with Crippen molar-refractivity contribution in [2.75, 3.05) is 5.32 Å². The van der Waals surface area contributed by atoms with Crippen molar-refractivity contribution in [1.29, 1.82) is 0 Å². The van der Waals surface area contributed by atoms with Gasteiger partial charge in [-0.25, -0.2) is 4.79 Å². The van der Waals surface area contributed by atoms with Crippen molar-refractivity contribution in [3.8, 4) is 11.5 Å². The number of carbonyl (C=O) groups excluding carboxylic acids is 1. The molecule has 0 fully saturated rings. The first-order chi connectivity index (χ1) is 14.1. The molecule has 1 aliphatic heterocycles. The fourth-order valence-corrected chi connectivity index (χ4v) is 4.65. The van der Waals surface area contributed by atoms with Crippen molar-refractivity contribution in [2.45, 2.75) is 45.6 Å². The molecule has 2 amide bonds. The van der Waals surface area contributed by atoms with Crippen LogP contribution in [0.3, 0.4) is 0 Å². The summed E-state index contributed by atoms with van der Waals surface area (Å²) >= 11 is 6.30. The molecule has 3 aromatic carbocycles. The maximum atomic E-state index is 12.0. The maximum Gasteiger partial charge on any atom is 0.319 e. The summed E-state index contributed by atoms with van der Waals surface area (Å²) in [6, 6.07) is 10.5. The van der Waals surface area contributed by atoms with E-state index in [9.17, 15) is 15.0 Å². The summed E-state index contributed by atoms with van der Waals surface area (Å²) in [5, 5.41) is 29.6. The van der Waals surface area contributed by atoms with E-state index in [1.54, 1.807) is 18.2 Å². The van der Waals surface area contributed by atoms with Crippen molar-refractivity contribution in [1.82, 2.24) is 5.32 Å². The molecule has 5 nitrogen and oxygen atoms in total. The molecule has 4 N–H and O–H groups in total. The van der Waals surface area contributed by atoms with Gasteiger partial charge in [0.05, 0.1) is 5.69 Å². The molecule has 0 saturated heterocycles. The molecule has 0 saturated carbocycles. The second-order valence-electron chi connectivity index (χ2n) is 8.66. The molecule has 4 rings (SSSR count). The summed E-state index contributed by atoms with van der Waals surface area (Å²) in [5.74, 6) is 0.490. The normalized spacial score (nSPS) is 13.9. The predicted octanol–water partition coefficient (Wildman–Crippen LogP) is 5.99. The number of amides is 2. The highest BCUT2D eigenvalue weighted by molar-refractivity contribution is 6.31. The second kappa shape index (κ2) is 7.10. The third-order valence-electron chi connectivity index (χ3n) is 5.91. The number of urea groups is 1. The van der Waals surface area contributed by atoms with E-state index in [4.69, 9.17) is 11.6 Å². The number of phenolic OH excluding ortho intramolecular Hbond substituents is 2. The van der Waals surface area contributed by atoms with E-state index in [1.165, 1.54) is 0 Å². The number of aromatic hydroxyl groups is 2. The topological polar surface area (TPSA) is 81.6 Å². The van der Waals surface area contributed by atoms with Crippen LogP contribution >= 0.6 is 11.6 Å². The van der Waals surface area contributed by atoms with E-state index >= 15 is 0 Å².